The number of rotatable bonds is 2. The summed E-state index contributed by atoms with van der Waals surface area (Å²) in [6.45, 7) is 0. The van der Waals surface area contributed by atoms with Gasteiger partial charge in [-0.15, -0.1) is 0 Å². The van der Waals surface area contributed by atoms with E-state index in [1.165, 1.54) is 152 Å². The van der Waals surface area contributed by atoms with E-state index in [9.17, 15) is 0 Å². The van der Waals surface area contributed by atoms with E-state index in [2.05, 4.69) is 206 Å². The lowest BCUT2D eigenvalue weighted by atomic mass is 9.80. The second-order valence-electron chi connectivity index (χ2n) is 17.5. The summed E-state index contributed by atoms with van der Waals surface area (Å²) in [5.74, 6) is 0. The molecule has 0 heterocycles. The number of hydrogen-bond acceptors (Lipinski definition) is 0. The van der Waals surface area contributed by atoms with E-state index in [0.29, 0.717) is 0 Å². The molecule has 0 aliphatic heterocycles. The van der Waals surface area contributed by atoms with E-state index < -0.39 is 0 Å². The standard InChI is InChI=1S/C62H34/c1-3-12-39-28-44(24-20-35(39)10-1)57-54-34-52-50-31-42-15-6-5-14-41(42)30-49(50)46-18-7-8-19-47(46)51(52)33-53(54)58(45-25-21-36-11-2-4-13-40(36)29-45)62-55-32-43-17-9-16-37-22-23-38-26-27-48(61(57)62)60(55)59(38)56(37)43/h1-34H. The van der Waals surface area contributed by atoms with E-state index in [4.69, 9.17) is 0 Å². The summed E-state index contributed by atoms with van der Waals surface area (Å²) in [5, 5.41) is 25.8. The molecule has 1 aliphatic carbocycles. The Morgan fingerprint density at radius 3 is 1.21 bits per heavy atom. The molecule has 0 unspecified atom stereocenters. The van der Waals surface area contributed by atoms with Gasteiger partial charge in [-0.3, -0.25) is 0 Å². The molecular formula is C62H34. The molecule has 14 aromatic carbocycles. The Balaban J connectivity index is 1.22. The van der Waals surface area contributed by atoms with Crippen molar-refractivity contribution in [1.29, 1.82) is 0 Å². The second-order valence-corrected chi connectivity index (χ2v) is 17.5. The van der Waals surface area contributed by atoms with Crippen molar-refractivity contribution < 1.29 is 0 Å². The Labute approximate surface area is 356 Å². The van der Waals surface area contributed by atoms with Gasteiger partial charge in [0.1, 0.15) is 0 Å². The normalized spacial score (nSPS) is 12.5. The van der Waals surface area contributed by atoms with Crippen molar-refractivity contribution in [3.8, 4) is 44.5 Å². The van der Waals surface area contributed by atoms with Gasteiger partial charge in [-0.2, -0.15) is 0 Å². The molecule has 0 N–H and O–H groups in total. The maximum absolute atomic E-state index is 2.57. The second kappa shape index (κ2) is 11.8. The van der Waals surface area contributed by atoms with Crippen molar-refractivity contribution in [2.45, 2.75) is 0 Å². The Morgan fingerprint density at radius 1 is 0.177 bits per heavy atom. The van der Waals surface area contributed by atoms with Gasteiger partial charge < -0.3 is 0 Å². The van der Waals surface area contributed by atoms with Gasteiger partial charge >= 0.3 is 0 Å². The molecule has 0 fully saturated rings. The van der Waals surface area contributed by atoms with E-state index in [1.807, 2.05) is 0 Å². The van der Waals surface area contributed by atoms with Crippen LogP contribution in [0.3, 0.4) is 0 Å². The molecular weight excluding hydrogens is 745 g/mol. The summed E-state index contributed by atoms with van der Waals surface area (Å²) in [7, 11) is 0. The first-order chi connectivity index (χ1) is 30.7. The molecule has 0 heteroatoms. The van der Waals surface area contributed by atoms with Crippen LogP contribution >= 0.6 is 0 Å². The van der Waals surface area contributed by atoms with Crippen molar-refractivity contribution in [2.75, 3.05) is 0 Å². The summed E-state index contributed by atoms with van der Waals surface area (Å²) in [6, 6.07) is 78.5. The van der Waals surface area contributed by atoms with E-state index in [1.54, 1.807) is 0 Å². The molecule has 1 aliphatic rings. The Kier molecular flexibility index (Phi) is 6.24. The average molecular weight is 779 g/mol. The molecule has 0 bridgehead atoms. The SMILES string of the molecule is c1ccc2cc(-c3c4c(c(-c5ccc6ccccc6c5)c5cc6c7cc8ccccc8cc7c7ccccc7c6cc35)-c3ccc5ccc6cccc7cc-4c3c5c67)ccc2c1. The number of fused-ring (bicyclic) bond motifs is 13. The van der Waals surface area contributed by atoms with Crippen LogP contribution in [0.1, 0.15) is 0 Å². The highest BCUT2D eigenvalue weighted by Gasteiger charge is 2.33. The maximum Gasteiger partial charge on any atom is -0.000718 e. The zero-order chi connectivity index (χ0) is 40.2. The van der Waals surface area contributed by atoms with Crippen LogP contribution in [-0.4, -0.2) is 0 Å². The van der Waals surface area contributed by atoms with Gasteiger partial charge in [-0.05, 0) is 195 Å². The molecule has 62 heavy (non-hydrogen) atoms. The Morgan fingerprint density at radius 2 is 0.597 bits per heavy atom. The summed E-state index contributed by atoms with van der Waals surface area (Å²) >= 11 is 0. The van der Waals surface area contributed by atoms with Gasteiger partial charge in [0.25, 0.3) is 0 Å². The van der Waals surface area contributed by atoms with Crippen LogP contribution in [0.2, 0.25) is 0 Å². The number of benzene rings is 14. The molecule has 0 nitrogen and oxygen atoms in total. The first-order valence-electron chi connectivity index (χ1n) is 21.7. The van der Waals surface area contributed by atoms with Crippen molar-refractivity contribution in [3.05, 3.63) is 206 Å². The third-order valence-corrected chi connectivity index (χ3v) is 14.4. The lowest BCUT2D eigenvalue weighted by Gasteiger charge is -2.22. The highest BCUT2D eigenvalue weighted by atomic mass is 14.3. The fourth-order valence-electron chi connectivity index (χ4n) is 11.7. The molecule has 14 aromatic rings. The Hall–Kier alpha value is -8.06. The summed E-state index contributed by atoms with van der Waals surface area (Å²) < 4.78 is 0. The largest absolute Gasteiger partial charge is 0.0616 e. The van der Waals surface area contributed by atoms with Crippen LogP contribution in [0.25, 0.3) is 152 Å². The first kappa shape index (κ1) is 32.8. The zero-order valence-electron chi connectivity index (χ0n) is 33.6. The monoisotopic (exact) mass is 778 g/mol. The van der Waals surface area contributed by atoms with Crippen LogP contribution < -0.4 is 0 Å². The minimum atomic E-state index is 1.24. The van der Waals surface area contributed by atoms with Gasteiger partial charge in [0.05, 0.1) is 0 Å². The molecule has 0 saturated heterocycles. The third-order valence-electron chi connectivity index (χ3n) is 14.4. The minimum absolute atomic E-state index is 1.24. The molecule has 0 amide bonds. The highest BCUT2D eigenvalue weighted by molar-refractivity contribution is 6.37. The van der Waals surface area contributed by atoms with E-state index >= 15 is 0 Å². The van der Waals surface area contributed by atoms with Crippen LogP contribution in [0.4, 0.5) is 0 Å². The quantitative estimate of drug-likeness (QED) is 0.121. The minimum Gasteiger partial charge on any atom is -0.0616 e. The third kappa shape index (κ3) is 4.26. The summed E-state index contributed by atoms with van der Waals surface area (Å²) in [5.41, 5.74) is 10.4. The lowest BCUT2D eigenvalue weighted by molar-refractivity contribution is 1.66. The summed E-state index contributed by atoms with van der Waals surface area (Å²) in [6.07, 6.45) is 0. The lowest BCUT2D eigenvalue weighted by Crippen LogP contribution is -1.95. The molecule has 282 valence electrons. The van der Waals surface area contributed by atoms with E-state index in [0.717, 1.165) is 0 Å². The van der Waals surface area contributed by atoms with Crippen molar-refractivity contribution in [2.24, 2.45) is 0 Å². The van der Waals surface area contributed by atoms with Gasteiger partial charge in [-0.25, -0.2) is 0 Å². The molecule has 0 spiro atoms. The van der Waals surface area contributed by atoms with Crippen LogP contribution in [0.15, 0.2) is 206 Å². The molecule has 0 saturated carbocycles. The molecule has 0 aromatic heterocycles. The molecule has 15 rings (SSSR count). The van der Waals surface area contributed by atoms with Crippen LogP contribution in [-0.2, 0) is 0 Å². The predicted molar refractivity (Wildman–Crippen MR) is 268 cm³/mol. The topological polar surface area (TPSA) is 0 Å². The van der Waals surface area contributed by atoms with Gasteiger partial charge in [-0.1, -0.05) is 164 Å². The maximum atomic E-state index is 2.57. The van der Waals surface area contributed by atoms with Crippen molar-refractivity contribution >= 4 is 108 Å². The molecule has 0 radical (unpaired) electrons. The first-order valence-corrected chi connectivity index (χ1v) is 21.7. The molecule has 0 atom stereocenters. The zero-order valence-corrected chi connectivity index (χ0v) is 33.6. The number of hydrogen-bond donors (Lipinski definition) is 0. The summed E-state index contributed by atoms with van der Waals surface area (Å²) in [4.78, 5) is 0. The van der Waals surface area contributed by atoms with Gasteiger partial charge in [0.2, 0.25) is 0 Å². The van der Waals surface area contributed by atoms with E-state index in [-0.39, 0.29) is 0 Å². The fourth-order valence-corrected chi connectivity index (χ4v) is 11.7. The van der Waals surface area contributed by atoms with Crippen molar-refractivity contribution in [1.82, 2.24) is 0 Å². The van der Waals surface area contributed by atoms with Crippen LogP contribution in [0.5, 0.6) is 0 Å². The van der Waals surface area contributed by atoms with Crippen molar-refractivity contribution in [3.63, 3.8) is 0 Å². The Bertz CT molecular complexity index is 4320. The fraction of sp³-hybridized carbons (Fsp3) is 0. The smallest absolute Gasteiger partial charge is 0.000718 e. The van der Waals surface area contributed by atoms with Gasteiger partial charge in [0.15, 0.2) is 0 Å². The highest BCUT2D eigenvalue weighted by Crippen LogP contribution is 2.60. The average Bonchev–Trinajstić information content (AvgIpc) is 3.65. The predicted octanol–water partition coefficient (Wildman–Crippen LogP) is 17.6. The van der Waals surface area contributed by atoms with Gasteiger partial charge in [0, 0.05) is 0 Å². The van der Waals surface area contributed by atoms with Crippen LogP contribution in [0, 0.1) is 0 Å².